The Balaban J connectivity index is 1.42. The molecule has 0 heterocycles. The molecular weight excluding hydrogens is 470 g/mol. The van der Waals surface area contributed by atoms with Gasteiger partial charge in [-0.2, -0.15) is 0 Å². The highest BCUT2D eigenvalue weighted by molar-refractivity contribution is 5.95. The third kappa shape index (κ3) is 4.53. The van der Waals surface area contributed by atoms with Crippen molar-refractivity contribution >= 4 is 45.0 Å². The molecule has 0 saturated heterocycles. The van der Waals surface area contributed by atoms with Crippen molar-refractivity contribution in [3.05, 3.63) is 168 Å². The number of hydrogen-bond donors (Lipinski definition) is 1. The number of fused-ring (bicyclic) bond motifs is 3. The van der Waals surface area contributed by atoms with E-state index in [1.54, 1.807) is 0 Å². The molecule has 186 valence electrons. The van der Waals surface area contributed by atoms with E-state index in [4.69, 9.17) is 0 Å². The molecule has 1 nitrogen and oxygen atoms in total. The fourth-order valence-corrected chi connectivity index (χ4v) is 5.89. The van der Waals surface area contributed by atoms with Crippen molar-refractivity contribution in [1.82, 2.24) is 0 Å². The van der Waals surface area contributed by atoms with Crippen molar-refractivity contribution in [3.8, 4) is 0 Å². The molecule has 0 aromatic heterocycles. The van der Waals surface area contributed by atoms with E-state index in [9.17, 15) is 0 Å². The highest BCUT2D eigenvalue weighted by Gasteiger charge is 2.29. The van der Waals surface area contributed by atoms with Gasteiger partial charge in [0.25, 0.3) is 0 Å². The van der Waals surface area contributed by atoms with Crippen LogP contribution in [0.25, 0.3) is 39.3 Å². The average molecular weight is 500 g/mol. The lowest BCUT2D eigenvalue weighted by Crippen LogP contribution is -2.23. The van der Waals surface area contributed by atoms with E-state index in [-0.39, 0.29) is 12.0 Å². The summed E-state index contributed by atoms with van der Waals surface area (Å²) in [6.07, 6.45) is 7.04. The average Bonchev–Trinajstić information content (AvgIpc) is 3.00. The van der Waals surface area contributed by atoms with E-state index in [1.165, 1.54) is 49.4 Å². The highest BCUT2D eigenvalue weighted by Crippen LogP contribution is 2.44. The zero-order valence-electron chi connectivity index (χ0n) is 21.7. The normalized spacial score (nSPS) is 16.3. The van der Waals surface area contributed by atoms with Crippen molar-refractivity contribution in [1.29, 1.82) is 0 Å². The van der Waals surface area contributed by atoms with Gasteiger partial charge in [-0.15, -0.1) is 0 Å². The van der Waals surface area contributed by atoms with E-state index in [0.717, 1.165) is 5.69 Å². The summed E-state index contributed by atoms with van der Waals surface area (Å²) in [5, 5.41) is 9.02. The molecule has 2 unspecified atom stereocenters. The topological polar surface area (TPSA) is 12.0 Å². The van der Waals surface area contributed by atoms with Crippen LogP contribution in [0.2, 0.25) is 0 Å². The Morgan fingerprint density at radius 1 is 0.590 bits per heavy atom. The Labute approximate surface area is 229 Å². The number of benzene rings is 6. The summed E-state index contributed by atoms with van der Waals surface area (Å²) >= 11 is 0. The van der Waals surface area contributed by atoms with Gasteiger partial charge < -0.3 is 5.32 Å². The maximum absolute atomic E-state index is 4.03. The molecule has 0 amide bonds. The van der Waals surface area contributed by atoms with Crippen LogP contribution in [0, 0.1) is 5.92 Å². The quantitative estimate of drug-likeness (QED) is 0.249. The van der Waals surface area contributed by atoms with Gasteiger partial charge in [-0.05, 0) is 56.1 Å². The molecule has 1 heteroatoms. The molecule has 1 aliphatic carbocycles. The van der Waals surface area contributed by atoms with Crippen LogP contribution >= 0.6 is 0 Å². The fraction of sp³-hybridized carbons (Fsp3) is 0.0526. The van der Waals surface area contributed by atoms with E-state index in [1.807, 2.05) is 0 Å². The first kappa shape index (κ1) is 23.3. The Morgan fingerprint density at radius 2 is 1.31 bits per heavy atom. The van der Waals surface area contributed by atoms with Crippen molar-refractivity contribution < 1.29 is 0 Å². The Bertz CT molecular complexity index is 1840. The molecule has 1 aliphatic rings. The predicted octanol–water partition coefficient (Wildman–Crippen LogP) is 10.0. The molecule has 0 bridgehead atoms. The molecule has 6 aromatic carbocycles. The molecule has 39 heavy (non-hydrogen) atoms. The maximum Gasteiger partial charge on any atom is 0.0617 e. The van der Waals surface area contributed by atoms with Gasteiger partial charge >= 0.3 is 0 Å². The van der Waals surface area contributed by atoms with Gasteiger partial charge in [0.05, 0.1) is 6.04 Å². The van der Waals surface area contributed by atoms with E-state index in [0.29, 0.717) is 0 Å². The van der Waals surface area contributed by atoms with Crippen LogP contribution in [0.15, 0.2) is 146 Å². The molecule has 0 aliphatic heterocycles. The second-order valence-corrected chi connectivity index (χ2v) is 10.2. The van der Waals surface area contributed by atoms with Gasteiger partial charge in [0.1, 0.15) is 0 Å². The standard InChI is InChI=1S/C38H29N/c1-2-11-27(12-3-1)25-36-33-18-8-6-15-30(33)23-24-35(36)38(32-22-21-28-13-4-5-16-31(28)26-32)39-37-20-10-17-29-14-7-9-19-34(29)37/h1-26,35,38-39H. The second-order valence-electron chi connectivity index (χ2n) is 10.2. The first-order valence-corrected chi connectivity index (χ1v) is 13.6. The monoisotopic (exact) mass is 499 g/mol. The van der Waals surface area contributed by atoms with Crippen LogP contribution in [0.3, 0.4) is 0 Å². The minimum atomic E-state index is 0.0278. The molecule has 0 radical (unpaired) electrons. The smallest absolute Gasteiger partial charge is 0.0617 e. The zero-order valence-corrected chi connectivity index (χ0v) is 21.7. The molecule has 6 aromatic rings. The van der Waals surface area contributed by atoms with Crippen LogP contribution in [0.5, 0.6) is 0 Å². The molecule has 2 atom stereocenters. The van der Waals surface area contributed by atoms with E-state index < -0.39 is 0 Å². The van der Waals surface area contributed by atoms with Crippen LogP contribution in [0.1, 0.15) is 28.3 Å². The molecular formula is C38H29N. The van der Waals surface area contributed by atoms with Crippen LogP contribution in [0.4, 0.5) is 5.69 Å². The SMILES string of the molecule is C1=CC(C(Nc2cccc3ccccc23)c2ccc3ccccc3c2)C(=Cc2ccccc2)c2ccccc21. The van der Waals surface area contributed by atoms with Crippen LogP contribution in [-0.2, 0) is 0 Å². The van der Waals surface area contributed by atoms with Gasteiger partial charge in [-0.3, -0.25) is 0 Å². The number of anilines is 1. The van der Waals surface area contributed by atoms with Gasteiger partial charge in [0.2, 0.25) is 0 Å². The van der Waals surface area contributed by atoms with Crippen molar-refractivity contribution in [3.63, 3.8) is 0 Å². The zero-order chi connectivity index (χ0) is 26.0. The van der Waals surface area contributed by atoms with Crippen LogP contribution < -0.4 is 5.32 Å². The number of rotatable bonds is 5. The number of nitrogens with one attached hydrogen (secondary N) is 1. The second kappa shape index (κ2) is 10.1. The molecule has 0 fully saturated rings. The third-order valence-corrected chi connectivity index (χ3v) is 7.83. The molecule has 0 saturated carbocycles. The minimum Gasteiger partial charge on any atom is -0.377 e. The fourth-order valence-electron chi connectivity index (χ4n) is 5.89. The lowest BCUT2D eigenvalue weighted by molar-refractivity contribution is 0.679. The Morgan fingerprint density at radius 3 is 2.21 bits per heavy atom. The van der Waals surface area contributed by atoms with Crippen molar-refractivity contribution in [2.24, 2.45) is 5.92 Å². The van der Waals surface area contributed by atoms with Crippen molar-refractivity contribution in [2.75, 3.05) is 5.32 Å². The lowest BCUT2D eigenvalue weighted by Gasteiger charge is -2.33. The summed E-state index contributed by atoms with van der Waals surface area (Å²) in [6.45, 7) is 0. The molecule has 0 spiro atoms. The third-order valence-electron chi connectivity index (χ3n) is 7.83. The first-order chi connectivity index (χ1) is 19.3. The first-order valence-electron chi connectivity index (χ1n) is 13.6. The number of hydrogen-bond acceptors (Lipinski definition) is 1. The summed E-state index contributed by atoms with van der Waals surface area (Å²) in [4.78, 5) is 0. The molecule has 7 rings (SSSR count). The lowest BCUT2D eigenvalue weighted by atomic mass is 9.77. The summed E-state index contributed by atoms with van der Waals surface area (Å²) in [6, 6.07) is 50.1. The van der Waals surface area contributed by atoms with Gasteiger partial charge in [-0.25, -0.2) is 0 Å². The summed E-state index contributed by atoms with van der Waals surface area (Å²) in [5.41, 5.74) is 7.51. The van der Waals surface area contributed by atoms with Crippen molar-refractivity contribution in [2.45, 2.75) is 6.04 Å². The minimum absolute atomic E-state index is 0.0278. The van der Waals surface area contributed by atoms with Crippen LogP contribution in [-0.4, -0.2) is 0 Å². The highest BCUT2D eigenvalue weighted by atomic mass is 14.9. The van der Waals surface area contributed by atoms with Gasteiger partial charge in [0.15, 0.2) is 0 Å². The molecule has 1 N–H and O–H groups in total. The summed E-state index contributed by atoms with van der Waals surface area (Å²) in [5.74, 6) is 0.125. The Kier molecular flexibility index (Phi) is 6.03. The van der Waals surface area contributed by atoms with E-state index in [2.05, 4.69) is 163 Å². The largest absolute Gasteiger partial charge is 0.377 e. The Hall–Kier alpha value is -4.88. The summed E-state index contributed by atoms with van der Waals surface area (Å²) in [7, 11) is 0. The van der Waals surface area contributed by atoms with E-state index >= 15 is 0 Å². The summed E-state index contributed by atoms with van der Waals surface area (Å²) < 4.78 is 0. The van der Waals surface area contributed by atoms with Gasteiger partial charge in [0, 0.05) is 17.0 Å². The predicted molar refractivity (Wildman–Crippen MR) is 168 cm³/mol. The maximum atomic E-state index is 4.03. The van der Waals surface area contributed by atoms with Gasteiger partial charge in [-0.1, -0.05) is 146 Å².